The van der Waals surface area contributed by atoms with Crippen LogP contribution in [0.4, 0.5) is 10.5 Å². The van der Waals surface area contributed by atoms with Gasteiger partial charge in [-0.3, -0.25) is 4.79 Å². The van der Waals surface area contributed by atoms with Crippen LogP contribution in [0.2, 0.25) is 0 Å². The highest BCUT2D eigenvalue weighted by molar-refractivity contribution is 5.92. The van der Waals surface area contributed by atoms with Crippen molar-refractivity contribution in [3.8, 4) is 5.75 Å². The second-order valence-electron chi connectivity index (χ2n) is 4.03. The minimum Gasteiger partial charge on any atom is -0.494 e. The van der Waals surface area contributed by atoms with Crippen LogP contribution in [0.25, 0.3) is 0 Å². The Bertz CT molecular complexity index is 431. The molecule has 0 aliphatic heterocycles. The molecule has 0 aromatic heterocycles. The van der Waals surface area contributed by atoms with Crippen molar-refractivity contribution in [1.29, 1.82) is 0 Å². The summed E-state index contributed by atoms with van der Waals surface area (Å²) in [5.41, 5.74) is 0.568. The van der Waals surface area contributed by atoms with E-state index in [0.29, 0.717) is 12.3 Å². The summed E-state index contributed by atoms with van der Waals surface area (Å²) in [6.45, 7) is 4.05. The zero-order valence-corrected chi connectivity index (χ0v) is 11.0. The molecule has 3 N–H and O–H groups in total. The summed E-state index contributed by atoms with van der Waals surface area (Å²) in [6, 6.07) is 5.37. The standard InChI is InChI=1S/C13H18N2O4/c1-3-8-19-11-6-4-10(5-7-11)15-13(18)14-9(2)12(16)17/h4-7,9H,3,8H2,1-2H3,(H,16,17)(H2,14,15,18). The molecule has 0 spiro atoms. The average molecular weight is 266 g/mol. The number of hydrogen-bond donors (Lipinski definition) is 3. The molecule has 1 unspecified atom stereocenters. The molecule has 1 aromatic carbocycles. The lowest BCUT2D eigenvalue weighted by Crippen LogP contribution is -2.40. The van der Waals surface area contributed by atoms with Crippen LogP contribution in [-0.4, -0.2) is 29.8 Å². The van der Waals surface area contributed by atoms with E-state index in [0.717, 1.165) is 12.2 Å². The van der Waals surface area contributed by atoms with E-state index in [9.17, 15) is 9.59 Å². The van der Waals surface area contributed by atoms with Crippen molar-refractivity contribution in [2.75, 3.05) is 11.9 Å². The molecule has 0 aliphatic rings. The van der Waals surface area contributed by atoms with E-state index < -0.39 is 18.0 Å². The van der Waals surface area contributed by atoms with Gasteiger partial charge in [-0.15, -0.1) is 0 Å². The Hall–Kier alpha value is -2.24. The van der Waals surface area contributed by atoms with Crippen molar-refractivity contribution in [3.05, 3.63) is 24.3 Å². The normalized spacial score (nSPS) is 11.5. The maximum atomic E-state index is 11.5. The van der Waals surface area contributed by atoms with E-state index in [1.54, 1.807) is 24.3 Å². The first kappa shape index (κ1) is 14.8. The van der Waals surface area contributed by atoms with Crippen molar-refractivity contribution in [1.82, 2.24) is 5.32 Å². The lowest BCUT2D eigenvalue weighted by molar-refractivity contribution is -0.138. The Morgan fingerprint density at radius 2 is 1.95 bits per heavy atom. The quantitative estimate of drug-likeness (QED) is 0.735. The SMILES string of the molecule is CCCOc1ccc(NC(=O)NC(C)C(=O)O)cc1. The minimum atomic E-state index is -1.08. The number of benzene rings is 1. The zero-order valence-electron chi connectivity index (χ0n) is 11.0. The minimum absolute atomic E-state index is 0.558. The number of ether oxygens (including phenoxy) is 1. The van der Waals surface area contributed by atoms with Gasteiger partial charge in [0.2, 0.25) is 0 Å². The van der Waals surface area contributed by atoms with Crippen LogP contribution >= 0.6 is 0 Å². The van der Waals surface area contributed by atoms with Crippen LogP contribution in [-0.2, 0) is 4.79 Å². The van der Waals surface area contributed by atoms with Gasteiger partial charge in [0, 0.05) is 5.69 Å². The van der Waals surface area contributed by atoms with Gasteiger partial charge < -0.3 is 20.5 Å². The number of anilines is 1. The molecule has 6 nitrogen and oxygen atoms in total. The van der Waals surface area contributed by atoms with Gasteiger partial charge in [0.25, 0.3) is 0 Å². The molecule has 0 radical (unpaired) electrons. The second-order valence-corrected chi connectivity index (χ2v) is 4.03. The first-order chi connectivity index (χ1) is 9.02. The number of carbonyl (C=O) groups excluding carboxylic acids is 1. The van der Waals surface area contributed by atoms with E-state index in [-0.39, 0.29) is 0 Å². The number of rotatable bonds is 6. The lowest BCUT2D eigenvalue weighted by Gasteiger charge is -2.11. The van der Waals surface area contributed by atoms with Crippen LogP contribution in [0.15, 0.2) is 24.3 Å². The van der Waals surface area contributed by atoms with Crippen molar-refractivity contribution in [2.24, 2.45) is 0 Å². The van der Waals surface area contributed by atoms with Crippen LogP contribution in [0.1, 0.15) is 20.3 Å². The number of carbonyl (C=O) groups is 2. The molecule has 0 saturated heterocycles. The fourth-order valence-electron chi connectivity index (χ4n) is 1.28. The predicted molar refractivity (Wildman–Crippen MR) is 71.5 cm³/mol. The Morgan fingerprint density at radius 3 is 2.47 bits per heavy atom. The largest absolute Gasteiger partial charge is 0.494 e. The van der Waals surface area contributed by atoms with E-state index in [4.69, 9.17) is 9.84 Å². The number of carboxylic acids is 1. The van der Waals surface area contributed by atoms with Crippen molar-refractivity contribution >= 4 is 17.7 Å². The van der Waals surface area contributed by atoms with Crippen LogP contribution in [0.5, 0.6) is 5.75 Å². The number of urea groups is 1. The highest BCUT2D eigenvalue weighted by atomic mass is 16.5. The van der Waals surface area contributed by atoms with Crippen LogP contribution < -0.4 is 15.4 Å². The third-order valence-electron chi connectivity index (χ3n) is 2.30. The van der Waals surface area contributed by atoms with Gasteiger partial charge in [-0.25, -0.2) is 4.79 Å². The fraction of sp³-hybridized carbons (Fsp3) is 0.385. The Morgan fingerprint density at radius 1 is 1.32 bits per heavy atom. The molecule has 19 heavy (non-hydrogen) atoms. The number of carboxylic acid groups (broad SMARTS) is 1. The maximum Gasteiger partial charge on any atom is 0.325 e. The smallest absolute Gasteiger partial charge is 0.325 e. The molecular formula is C13H18N2O4. The Labute approximate surface area is 111 Å². The lowest BCUT2D eigenvalue weighted by atomic mass is 10.3. The number of hydrogen-bond acceptors (Lipinski definition) is 3. The van der Waals surface area contributed by atoms with Crippen molar-refractivity contribution < 1.29 is 19.4 Å². The molecule has 1 aromatic rings. The summed E-state index contributed by atoms with van der Waals surface area (Å²) >= 11 is 0. The van der Waals surface area contributed by atoms with Gasteiger partial charge in [0.15, 0.2) is 0 Å². The molecule has 6 heteroatoms. The maximum absolute atomic E-state index is 11.5. The molecule has 104 valence electrons. The summed E-state index contributed by atoms with van der Waals surface area (Å²) in [6.07, 6.45) is 0.926. The fourth-order valence-corrected chi connectivity index (χ4v) is 1.28. The van der Waals surface area contributed by atoms with Gasteiger partial charge in [0.05, 0.1) is 6.61 Å². The van der Waals surface area contributed by atoms with Gasteiger partial charge in [-0.1, -0.05) is 6.92 Å². The molecule has 0 bridgehead atoms. The predicted octanol–water partition coefficient (Wildman–Crippen LogP) is 2.07. The molecule has 1 rings (SSSR count). The van der Waals surface area contributed by atoms with Crippen LogP contribution in [0.3, 0.4) is 0 Å². The van der Waals surface area contributed by atoms with E-state index in [2.05, 4.69) is 10.6 Å². The Balaban J connectivity index is 2.48. The van der Waals surface area contributed by atoms with Gasteiger partial charge >= 0.3 is 12.0 Å². The van der Waals surface area contributed by atoms with Crippen LogP contribution in [0, 0.1) is 0 Å². The summed E-state index contributed by atoms with van der Waals surface area (Å²) in [5.74, 6) is -0.356. The van der Waals surface area contributed by atoms with Gasteiger partial charge in [0.1, 0.15) is 11.8 Å². The summed E-state index contributed by atoms with van der Waals surface area (Å²) in [5, 5.41) is 13.5. The highest BCUT2D eigenvalue weighted by Crippen LogP contribution is 2.15. The van der Waals surface area contributed by atoms with Crippen molar-refractivity contribution in [3.63, 3.8) is 0 Å². The van der Waals surface area contributed by atoms with Gasteiger partial charge in [-0.05, 0) is 37.6 Å². The molecular weight excluding hydrogens is 248 g/mol. The zero-order chi connectivity index (χ0) is 14.3. The van der Waals surface area contributed by atoms with E-state index >= 15 is 0 Å². The second kappa shape index (κ2) is 7.25. The summed E-state index contributed by atoms with van der Waals surface area (Å²) in [7, 11) is 0. The summed E-state index contributed by atoms with van der Waals surface area (Å²) in [4.78, 5) is 22.0. The molecule has 0 saturated carbocycles. The first-order valence-electron chi connectivity index (χ1n) is 6.06. The molecule has 1 atom stereocenters. The number of amides is 2. The highest BCUT2D eigenvalue weighted by Gasteiger charge is 2.13. The third-order valence-corrected chi connectivity index (χ3v) is 2.30. The topological polar surface area (TPSA) is 87.7 Å². The Kier molecular flexibility index (Phi) is 5.66. The van der Waals surface area contributed by atoms with E-state index in [1.165, 1.54) is 6.92 Å². The number of nitrogens with one attached hydrogen (secondary N) is 2. The monoisotopic (exact) mass is 266 g/mol. The van der Waals surface area contributed by atoms with E-state index in [1.807, 2.05) is 6.92 Å². The molecule has 0 heterocycles. The summed E-state index contributed by atoms with van der Waals surface area (Å²) < 4.78 is 5.41. The molecule has 2 amide bonds. The molecule has 0 fully saturated rings. The molecule has 0 aliphatic carbocycles. The van der Waals surface area contributed by atoms with Crippen molar-refractivity contribution in [2.45, 2.75) is 26.3 Å². The third kappa shape index (κ3) is 5.29. The first-order valence-corrected chi connectivity index (χ1v) is 6.06. The average Bonchev–Trinajstić information content (AvgIpc) is 2.37. The van der Waals surface area contributed by atoms with Gasteiger partial charge in [-0.2, -0.15) is 0 Å². The number of aliphatic carboxylic acids is 1.